The molecule has 30 heavy (non-hydrogen) atoms. The van der Waals surface area contributed by atoms with Crippen LogP contribution in [0.4, 0.5) is 5.69 Å². The maximum atomic E-state index is 11.6. The zero-order chi connectivity index (χ0) is 21.3. The lowest BCUT2D eigenvalue weighted by Crippen LogP contribution is -2.03. The molecule has 0 aliphatic rings. The van der Waals surface area contributed by atoms with Gasteiger partial charge in [0.15, 0.2) is 11.5 Å². The van der Waals surface area contributed by atoms with Crippen LogP contribution in [0.3, 0.4) is 0 Å². The van der Waals surface area contributed by atoms with Gasteiger partial charge in [-0.25, -0.2) is 0 Å². The standard InChI is InChI=1S/C24H24N2O4/c1-25(2)14-13-21-15-23(29-17-19-9-5-3-6-10-19)24(16-22(21)26(27)28)30-18-20-11-7-4-8-12-20/h3-16H,17-18H2,1-2H3/b14-13+. The summed E-state index contributed by atoms with van der Waals surface area (Å²) in [4.78, 5) is 13.0. The van der Waals surface area contributed by atoms with Gasteiger partial charge in [0.25, 0.3) is 5.69 Å². The molecule has 0 fully saturated rings. The molecular formula is C24H24N2O4. The molecule has 0 aliphatic heterocycles. The Labute approximate surface area is 176 Å². The van der Waals surface area contributed by atoms with E-state index in [1.807, 2.05) is 79.7 Å². The van der Waals surface area contributed by atoms with Gasteiger partial charge in [0, 0.05) is 14.1 Å². The van der Waals surface area contributed by atoms with Crippen molar-refractivity contribution in [2.24, 2.45) is 0 Å². The van der Waals surface area contributed by atoms with E-state index in [1.54, 1.807) is 18.3 Å². The molecule has 0 amide bonds. The minimum atomic E-state index is -0.411. The Kier molecular flexibility index (Phi) is 7.05. The van der Waals surface area contributed by atoms with E-state index in [2.05, 4.69) is 0 Å². The van der Waals surface area contributed by atoms with Crippen molar-refractivity contribution in [3.05, 3.63) is 106 Å². The van der Waals surface area contributed by atoms with E-state index in [4.69, 9.17) is 9.47 Å². The third-order valence-corrected chi connectivity index (χ3v) is 4.32. The van der Waals surface area contributed by atoms with Crippen LogP contribution in [-0.4, -0.2) is 23.9 Å². The van der Waals surface area contributed by atoms with Crippen LogP contribution in [0, 0.1) is 10.1 Å². The van der Waals surface area contributed by atoms with Gasteiger partial charge in [-0.1, -0.05) is 60.7 Å². The molecule has 0 heterocycles. The van der Waals surface area contributed by atoms with Gasteiger partial charge in [-0.05, 0) is 29.5 Å². The zero-order valence-corrected chi connectivity index (χ0v) is 17.0. The number of ether oxygens (including phenoxy) is 2. The normalized spacial score (nSPS) is 10.7. The summed E-state index contributed by atoms with van der Waals surface area (Å²) in [5.74, 6) is 0.794. The van der Waals surface area contributed by atoms with Crippen molar-refractivity contribution in [3.63, 3.8) is 0 Å². The molecular weight excluding hydrogens is 380 g/mol. The predicted octanol–water partition coefficient (Wildman–Crippen LogP) is 5.29. The molecule has 154 valence electrons. The Morgan fingerprint density at radius 3 is 1.83 bits per heavy atom. The van der Waals surface area contributed by atoms with E-state index in [-0.39, 0.29) is 12.3 Å². The lowest BCUT2D eigenvalue weighted by atomic mass is 10.1. The van der Waals surface area contributed by atoms with E-state index < -0.39 is 4.92 Å². The van der Waals surface area contributed by atoms with Gasteiger partial charge in [-0.2, -0.15) is 0 Å². The average molecular weight is 404 g/mol. The first-order valence-electron chi connectivity index (χ1n) is 9.53. The lowest BCUT2D eigenvalue weighted by molar-refractivity contribution is -0.385. The summed E-state index contributed by atoms with van der Waals surface area (Å²) in [6.07, 6.45) is 3.45. The second-order valence-corrected chi connectivity index (χ2v) is 6.94. The predicted molar refractivity (Wildman–Crippen MR) is 117 cm³/mol. The first-order chi connectivity index (χ1) is 14.5. The Morgan fingerprint density at radius 2 is 1.37 bits per heavy atom. The number of nitro groups is 1. The minimum Gasteiger partial charge on any atom is -0.485 e. The highest BCUT2D eigenvalue weighted by atomic mass is 16.6. The van der Waals surface area contributed by atoms with Crippen LogP contribution in [0.2, 0.25) is 0 Å². The highest BCUT2D eigenvalue weighted by Crippen LogP contribution is 2.36. The summed E-state index contributed by atoms with van der Waals surface area (Å²) < 4.78 is 11.9. The summed E-state index contributed by atoms with van der Waals surface area (Å²) in [6, 6.07) is 22.5. The molecule has 0 N–H and O–H groups in total. The molecule has 0 unspecified atom stereocenters. The quantitative estimate of drug-likeness (QED) is 0.358. The lowest BCUT2D eigenvalue weighted by Gasteiger charge is -2.14. The molecule has 6 nitrogen and oxygen atoms in total. The summed E-state index contributed by atoms with van der Waals surface area (Å²) in [5, 5.41) is 11.6. The van der Waals surface area contributed by atoms with Crippen molar-refractivity contribution in [1.82, 2.24) is 4.90 Å². The molecule has 0 aromatic heterocycles. The second kappa shape index (κ2) is 10.1. The maximum absolute atomic E-state index is 11.6. The topological polar surface area (TPSA) is 64.8 Å². The van der Waals surface area contributed by atoms with Gasteiger partial charge < -0.3 is 14.4 Å². The van der Waals surface area contributed by atoms with Gasteiger partial charge in [-0.3, -0.25) is 10.1 Å². The summed E-state index contributed by atoms with van der Waals surface area (Å²) >= 11 is 0. The molecule has 0 atom stereocenters. The summed E-state index contributed by atoms with van der Waals surface area (Å²) in [6.45, 7) is 0.615. The number of nitro benzene ring substituents is 1. The molecule has 0 aliphatic carbocycles. The molecule has 0 bridgehead atoms. The molecule has 0 radical (unpaired) electrons. The third kappa shape index (κ3) is 5.85. The average Bonchev–Trinajstić information content (AvgIpc) is 2.76. The van der Waals surface area contributed by atoms with Crippen molar-refractivity contribution < 1.29 is 14.4 Å². The third-order valence-electron chi connectivity index (χ3n) is 4.32. The van der Waals surface area contributed by atoms with E-state index in [0.29, 0.717) is 23.7 Å². The molecule has 3 aromatic rings. The van der Waals surface area contributed by atoms with E-state index in [9.17, 15) is 10.1 Å². The molecule has 3 aromatic carbocycles. The molecule has 0 spiro atoms. The van der Waals surface area contributed by atoms with Gasteiger partial charge >= 0.3 is 0 Å². The molecule has 3 rings (SSSR count). The van der Waals surface area contributed by atoms with Crippen LogP contribution >= 0.6 is 0 Å². The Balaban J connectivity index is 1.93. The van der Waals surface area contributed by atoms with Crippen molar-refractivity contribution in [2.75, 3.05) is 14.1 Å². The van der Waals surface area contributed by atoms with Crippen LogP contribution in [0.1, 0.15) is 16.7 Å². The summed E-state index contributed by atoms with van der Waals surface area (Å²) in [5.41, 5.74) is 2.37. The number of benzene rings is 3. The summed E-state index contributed by atoms with van der Waals surface area (Å²) in [7, 11) is 3.71. The van der Waals surface area contributed by atoms with Crippen molar-refractivity contribution in [2.45, 2.75) is 13.2 Å². The minimum absolute atomic E-state index is 0.0387. The molecule has 0 saturated heterocycles. The maximum Gasteiger partial charge on any atom is 0.280 e. The van der Waals surface area contributed by atoms with Crippen LogP contribution < -0.4 is 9.47 Å². The van der Waals surface area contributed by atoms with Crippen LogP contribution in [0.5, 0.6) is 11.5 Å². The van der Waals surface area contributed by atoms with Gasteiger partial charge in [-0.15, -0.1) is 0 Å². The SMILES string of the molecule is CN(C)/C=C/c1cc(OCc2ccccc2)c(OCc2ccccc2)cc1[N+](=O)[O-]. The van der Waals surface area contributed by atoms with E-state index >= 15 is 0 Å². The monoisotopic (exact) mass is 404 g/mol. The van der Waals surface area contributed by atoms with Gasteiger partial charge in [0.05, 0.1) is 16.6 Å². The second-order valence-electron chi connectivity index (χ2n) is 6.94. The van der Waals surface area contributed by atoms with Crippen LogP contribution in [-0.2, 0) is 13.2 Å². The largest absolute Gasteiger partial charge is 0.485 e. The fourth-order valence-electron chi connectivity index (χ4n) is 2.78. The number of hydrogen-bond acceptors (Lipinski definition) is 5. The van der Waals surface area contributed by atoms with Gasteiger partial charge in [0.2, 0.25) is 0 Å². The number of nitrogens with zero attached hydrogens (tertiary/aromatic N) is 2. The Bertz CT molecular complexity index is 1000. The Hall–Kier alpha value is -3.80. The smallest absolute Gasteiger partial charge is 0.280 e. The Morgan fingerprint density at radius 1 is 0.867 bits per heavy atom. The fraction of sp³-hybridized carbons (Fsp3) is 0.167. The molecule has 6 heteroatoms. The van der Waals surface area contributed by atoms with E-state index in [1.165, 1.54) is 6.07 Å². The molecule has 0 saturated carbocycles. The highest BCUT2D eigenvalue weighted by Gasteiger charge is 2.19. The van der Waals surface area contributed by atoms with Crippen molar-refractivity contribution >= 4 is 11.8 Å². The highest BCUT2D eigenvalue weighted by molar-refractivity contribution is 5.66. The first kappa shape index (κ1) is 20.9. The fourth-order valence-corrected chi connectivity index (χ4v) is 2.78. The van der Waals surface area contributed by atoms with Gasteiger partial charge in [0.1, 0.15) is 13.2 Å². The zero-order valence-electron chi connectivity index (χ0n) is 17.0. The first-order valence-corrected chi connectivity index (χ1v) is 9.53. The van der Waals surface area contributed by atoms with E-state index in [0.717, 1.165) is 11.1 Å². The van der Waals surface area contributed by atoms with Crippen molar-refractivity contribution in [1.29, 1.82) is 0 Å². The number of rotatable bonds is 9. The number of hydrogen-bond donors (Lipinski definition) is 0. The van der Waals surface area contributed by atoms with Crippen LogP contribution in [0.15, 0.2) is 79.0 Å². The van der Waals surface area contributed by atoms with Crippen LogP contribution in [0.25, 0.3) is 6.08 Å². The van der Waals surface area contributed by atoms with Crippen molar-refractivity contribution in [3.8, 4) is 11.5 Å².